The van der Waals surface area contributed by atoms with E-state index in [1.54, 1.807) is 24.3 Å². The number of rotatable bonds is 4. The average Bonchev–Trinajstić information content (AvgIpc) is 2.37. The van der Waals surface area contributed by atoms with Gasteiger partial charge in [-0.05, 0) is 12.5 Å². The molecule has 0 amide bonds. The summed E-state index contributed by atoms with van der Waals surface area (Å²) in [7, 11) is -5.76. The Labute approximate surface area is 119 Å². The molecule has 1 atom stereocenters. The summed E-state index contributed by atoms with van der Waals surface area (Å²) in [5, 5.41) is 0. The summed E-state index contributed by atoms with van der Waals surface area (Å²) in [6.45, 7) is 3.56. The summed E-state index contributed by atoms with van der Waals surface area (Å²) in [5.41, 5.74) is -4.79. The quantitative estimate of drug-likeness (QED) is 0.484. The molecule has 0 bridgehead atoms. The first kappa shape index (κ1) is 15.4. The summed E-state index contributed by atoms with van der Waals surface area (Å²) in [6, 6.07) is 6.60. The van der Waals surface area contributed by atoms with Crippen LogP contribution in [0.25, 0.3) is 0 Å². The second kappa shape index (κ2) is 5.44. The summed E-state index contributed by atoms with van der Waals surface area (Å²) in [6.07, 6.45) is 3.16. The lowest BCUT2D eigenvalue weighted by Gasteiger charge is -2.23. The molecule has 0 radical (unpaired) electrons. The van der Waals surface area contributed by atoms with E-state index in [1.807, 2.05) is 0 Å². The minimum atomic E-state index is -5.76. The molecule has 8 heteroatoms. The van der Waals surface area contributed by atoms with Crippen molar-refractivity contribution in [3.05, 3.63) is 54.5 Å². The molecule has 0 saturated heterocycles. The molecule has 0 N–H and O–H groups in total. The Kier molecular flexibility index (Phi) is 3.99. The van der Waals surface area contributed by atoms with Crippen LogP contribution in [0, 0.1) is 0 Å². The zero-order chi connectivity index (χ0) is 15.7. The largest absolute Gasteiger partial charge is 0.534 e. The van der Waals surface area contributed by atoms with Crippen molar-refractivity contribution in [3.63, 3.8) is 0 Å². The molecule has 4 nitrogen and oxygen atoms in total. The Hall–Kier alpha value is -1.96. The van der Waals surface area contributed by atoms with Crippen LogP contribution in [-0.2, 0) is 14.3 Å². The second-order valence-electron chi connectivity index (χ2n) is 4.24. The van der Waals surface area contributed by atoms with E-state index in [4.69, 9.17) is 4.74 Å². The highest BCUT2D eigenvalue weighted by atomic mass is 32.2. The molecule has 1 aliphatic rings. The number of para-hydroxylation sites is 1. The Morgan fingerprint density at radius 1 is 1.33 bits per heavy atom. The van der Waals surface area contributed by atoms with E-state index in [1.165, 1.54) is 12.1 Å². The number of halogens is 3. The van der Waals surface area contributed by atoms with Crippen molar-refractivity contribution in [3.8, 4) is 5.75 Å². The van der Waals surface area contributed by atoms with Crippen molar-refractivity contribution in [2.75, 3.05) is 0 Å². The van der Waals surface area contributed by atoms with E-state index >= 15 is 0 Å². The maximum atomic E-state index is 12.3. The van der Waals surface area contributed by atoms with E-state index < -0.39 is 21.6 Å². The van der Waals surface area contributed by atoms with Gasteiger partial charge in [-0.2, -0.15) is 21.6 Å². The van der Waals surface area contributed by atoms with Gasteiger partial charge in [0.1, 0.15) is 5.75 Å². The van der Waals surface area contributed by atoms with E-state index in [9.17, 15) is 21.6 Å². The molecular weight excluding hydrogens is 309 g/mol. The minimum Gasteiger partial charge on any atom is -0.425 e. The fourth-order valence-corrected chi connectivity index (χ4v) is 2.25. The summed E-state index contributed by atoms with van der Waals surface area (Å²) >= 11 is 0. The molecule has 0 fully saturated rings. The third-order valence-corrected chi connectivity index (χ3v) is 3.71. The summed E-state index contributed by atoms with van der Waals surface area (Å²) < 4.78 is 68.1. The topological polar surface area (TPSA) is 52.6 Å². The zero-order valence-corrected chi connectivity index (χ0v) is 11.4. The number of allylic oxidation sites excluding steroid dienone is 2. The number of ether oxygens (including phenoxy) is 1. The van der Waals surface area contributed by atoms with E-state index in [-0.39, 0.29) is 11.7 Å². The van der Waals surface area contributed by atoms with Crippen LogP contribution in [0.2, 0.25) is 0 Å². The minimum absolute atomic E-state index is 0.249. The normalized spacial score (nSPS) is 18.2. The standard InChI is InChI=1S/C13H11F3O4S/c1-2-5-9-8-12(20-21(17,18)13(14,15)16)19-11-7-4-3-6-10(9)11/h2-4,6-9H,1,5H2. The maximum absolute atomic E-state index is 12.3. The van der Waals surface area contributed by atoms with Crippen molar-refractivity contribution >= 4 is 10.1 Å². The molecule has 1 aromatic rings. The fraction of sp³-hybridized carbons (Fsp3) is 0.231. The Balaban J connectivity index is 2.33. The van der Waals surface area contributed by atoms with Crippen molar-refractivity contribution in [2.24, 2.45) is 0 Å². The predicted octanol–water partition coefficient (Wildman–Crippen LogP) is 3.45. The Morgan fingerprint density at radius 3 is 2.62 bits per heavy atom. The highest BCUT2D eigenvalue weighted by Gasteiger charge is 2.49. The van der Waals surface area contributed by atoms with Gasteiger partial charge in [0.2, 0.25) is 0 Å². The maximum Gasteiger partial charge on any atom is 0.534 e. The molecule has 2 rings (SSSR count). The molecule has 0 aliphatic carbocycles. The lowest BCUT2D eigenvalue weighted by atomic mass is 9.93. The van der Waals surface area contributed by atoms with Crippen LogP contribution < -0.4 is 4.74 Å². The van der Waals surface area contributed by atoms with Crippen molar-refractivity contribution in [1.29, 1.82) is 0 Å². The summed E-state index contributed by atoms with van der Waals surface area (Å²) in [5.74, 6) is -0.831. The van der Waals surface area contributed by atoms with Crippen LogP contribution in [0.3, 0.4) is 0 Å². The Morgan fingerprint density at radius 2 is 2.00 bits per heavy atom. The van der Waals surface area contributed by atoms with Crippen LogP contribution in [0.15, 0.2) is 48.9 Å². The number of alkyl halides is 3. The van der Waals surface area contributed by atoms with Crippen molar-refractivity contribution in [1.82, 2.24) is 0 Å². The first-order chi connectivity index (χ1) is 9.74. The smallest absolute Gasteiger partial charge is 0.425 e. The molecule has 1 unspecified atom stereocenters. The lowest BCUT2D eigenvalue weighted by molar-refractivity contribution is -0.0543. The number of fused-ring (bicyclic) bond motifs is 1. The van der Waals surface area contributed by atoms with Crippen LogP contribution >= 0.6 is 0 Å². The van der Waals surface area contributed by atoms with E-state index in [0.29, 0.717) is 12.0 Å². The number of hydrogen-bond acceptors (Lipinski definition) is 4. The van der Waals surface area contributed by atoms with Gasteiger partial charge in [-0.3, -0.25) is 0 Å². The first-order valence-electron chi connectivity index (χ1n) is 5.85. The monoisotopic (exact) mass is 320 g/mol. The van der Waals surface area contributed by atoms with Gasteiger partial charge in [0.05, 0.1) is 0 Å². The molecule has 114 valence electrons. The second-order valence-corrected chi connectivity index (χ2v) is 5.78. The van der Waals surface area contributed by atoms with Crippen LogP contribution in [0.5, 0.6) is 5.75 Å². The molecule has 0 aromatic heterocycles. The van der Waals surface area contributed by atoms with Crippen LogP contribution in [0.1, 0.15) is 17.9 Å². The van der Waals surface area contributed by atoms with Gasteiger partial charge in [0.25, 0.3) is 5.95 Å². The number of benzene rings is 1. The van der Waals surface area contributed by atoms with Crippen molar-refractivity contribution < 1.29 is 30.5 Å². The van der Waals surface area contributed by atoms with Gasteiger partial charge < -0.3 is 8.92 Å². The number of hydrogen-bond donors (Lipinski definition) is 0. The van der Waals surface area contributed by atoms with Gasteiger partial charge in [-0.15, -0.1) is 6.58 Å². The predicted molar refractivity (Wildman–Crippen MR) is 68.8 cm³/mol. The van der Waals surface area contributed by atoms with E-state index in [2.05, 4.69) is 10.8 Å². The molecule has 1 aromatic carbocycles. The highest BCUT2D eigenvalue weighted by Crippen LogP contribution is 2.38. The highest BCUT2D eigenvalue weighted by molar-refractivity contribution is 7.87. The molecule has 0 spiro atoms. The van der Waals surface area contributed by atoms with Crippen LogP contribution in [0.4, 0.5) is 13.2 Å². The zero-order valence-electron chi connectivity index (χ0n) is 10.6. The van der Waals surface area contributed by atoms with E-state index in [0.717, 1.165) is 0 Å². The third kappa shape index (κ3) is 3.21. The van der Waals surface area contributed by atoms with Gasteiger partial charge >= 0.3 is 15.6 Å². The average molecular weight is 320 g/mol. The van der Waals surface area contributed by atoms with Crippen LogP contribution in [-0.4, -0.2) is 13.9 Å². The first-order valence-corrected chi connectivity index (χ1v) is 7.25. The SMILES string of the molecule is C=CCC1C=C(OS(=O)(=O)C(F)(F)F)Oc2ccccc21. The van der Waals surface area contributed by atoms with Gasteiger partial charge in [-0.1, -0.05) is 24.3 Å². The van der Waals surface area contributed by atoms with Gasteiger partial charge in [-0.25, -0.2) is 0 Å². The molecule has 0 saturated carbocycles. The van der Waals surface area contributed by atoms with Gasteiger partial charge in [0.15, 0.2) is 0 Å². The lowest BCUT2D eigenvalue weighted by Crippen LogP contribution is -2.27. The Bertz CT molecular complexity index is 677. The molecular formula is C13H11F3O4S. The molecule has 1 heterocycles. The van der Waals surface area contributed by atoms with Gasteiger partial charge in [0, 0.05) is 17.6 Å². The summed E-state index contributed by atoms with van der Waals surface area (Å²) in [4.78, 5) is 0. The fourth-order valence-electron chi connectivity index (χ4n) is 1.85. The molecule has 21 heavy (non-hydrogen) atoms. The molecule has 1 aliphatic heterocycles. The third-order valence-electron chi connectivity index (χ3n) is 2.76. The van der Waals surface area contributed by atoms with Crippen molar-refractivity contribution in [2.45, 2.75) is 17.8 Å².